The molecule has 0 N–H and O–H groups in total. The lowest BCUT2D eigenvalue weighted by atomic mass is 10.2. The van der Waals surface area contributed by atoms with Gasteiger partial charge in [0.1, 0.15) is 11.4 Å². The van der Waals surface area contributed by atoms with E-state index in [0.717, 1.165) is 10.4 Å². The molecule has 1 aliphatic heterocycles. The summed E-state index contributed by atoms with van der Waals surface area (Å²) in [7, 11) is -3.59. The van der Waals surface area contributed by atoms with Gasteiger partial charge in [-0.1, -0.05) is 48.5 Å². The molecule has 1 fully saturated rings. The number of hydrogen-bond acceptors (Lipinski definition) is 6. The molecule has 0 unspecified atom stereocenters. The molecule has 0 radical (unpaired) electrons. The average molecular weight is 495 g/mol. The van der Waals surface area contributed by atoms with E-state index in [1.807, 2.05) is 36.4 Å². The molecule has 0 saturated carbocycles. The number of aromatic nitrogens is 2. The van der Waals surface area contributed by atoms with Crippen LogP contribution in [0.15, 0.2) is 82.7 Å². The average Bonchev–Trinajstić information content (AvgIpc) is 3.32. The van der Waals surface area contributed by atoms with Gasteiger partial charge in [0.15, 0.2) is 0 Å². The molecule has 1 aliphatic rings. The van der Waals surface area contributed by atoms with Gasteiger partial charge in [-0.25, -0.2) is 13.4 Å². The molecule has 5 rings (SSSR count). The van der Waals surface area contributed by atoms with Crippen LogP contribution in [0.3, 0.4) is 0 Å². The highest BCUT2D eigenvalue weighted by Gasteiger charge is 2.30. The number of carbonyl (C=O) groups excluding carboxylic acids is 1. The summed E-state index contributed by atoms with van der Waals surface area (Å²) in [6, 6.07) is 19.9. The topological polar surface area (TPSA) is 92.6 Å². The van der Waals surface area contributed by atoms with Gasteiger partial charge in [0.25, 0.3) is 5.56 Å². The first-order valence-electron chi connectivity index (χ1n) is 10.8. The van der Waals surface area contributed by atoms with Gasteiger partial charge in [-0.15, -0.1) is 11.3 Å². The van der Waals surface area contributed by atoms with Crippen LogP contribution in [0.1, 0.15) is 0 Å². The summed E-state index contributed by atoms with van der Waals surface area (Å²) in [4.78, 5) is 33.7. The van der Waals surface area contributed by atoms with Crippen LogP contribution in [0, 0.1) is 0 Å². The fourth-order valence-electron chi connectivity index (χ4n) is 3.98. The number of amides is 1. The standard InChI is InChI=1S/C24H22N4O4S2/c29-22(26-11-13-28(14-12-26)34(31,32)19-9-5-2-6-10-19)16-27-17-25-23-20(24(27)30)15-21(33-23)18-7-3-1-4-8-18/h1-10,15,17H,11-14,16H2. The van der Waals surface area contributed by atoms with E-state index in [0.29, 0.717) is 10.2 Å². The van der Waals surface area contributed by atoms with Crippen LogP contribution < -0.4 is 5.56 Å². The van der Waals surface area contributed by atoms with Crippen LogP contribution in [-0.4, -0.2) is 59.3 Å². The molecule has 2 aromatic heterocycles. The van der Waals surface area contributed by atoms with Crippen molar-refractivity contribution in [3.8, 4) is 10.4 Å². The van der Waals surface area contributed by atoms with E-state index in [4.69, 9.17) is 0 Å². The van der Waals surface area contributed by atoms with Crippen molar-refractivity contribution < 1.29 is 13.2 Å². The maximum Gasteiger partial charge on any atom is 0.262 e. The lowest BCUT2D eigenvalue weighted by Crippen LogP contribution is -2.51. The number of thiophene rings is 1. The number of nitrogens with zero attached hydrogens (tertiary/aromatic N) is 4. The molecule has 10 heteroatoms. The number of benzene rings is 2. The Balaban J connectivity index is 1.28. The Morgan fingerprint density at radius 3 is 2.26 bits per heavy atom. The molecule has 0 bridgehead atoms. The first kappa shape index (κ1) is 22.5. The van der Waals surface area contributed by atoms with Crippen molar-refractivity contribution >= 4 is 37.5 Å². The highest BCUT2D eigenvalue weighted by atomic mass is 32.2. The predicted molar refractivity (Wildman–Crippen MR) is 131 cm³/mol. The molecule has 174 valence electrons. The molecule has 1 saturated heterocycles. The van der Waals surface area contributed by atoms with Crippen LogP contribution in [0.4, 0.5) is 0 Å². The second kappa shape index (κ2) is 9.13. The summed E-state index contributed by atoms with van der Waals surface area (Å²) in [5.41, 5.74) is 0.748. The fraction of sp³-hybridized carbons (Fsp3) is 0.208. The summed E-state index contributed by atoms with van der Waals surface area (Å²) < 4.78 is 28.3. The zero-order valence-electron chi connectivity index (χ0n) is 18.2. The minimum Gasteiger partial charge on any atom is -0.338 e. The maximum absolute atomic E-state index is 13.0. The van der Waals surface area contributed by atoms with Crippen molar-refractivity contribution in [1.82, 2.24) is 18.8 Å². The van der Waals surface area contributed by atoms with Crippen LogP contribution in [-0.2, 0) is 21.4 Å². The second-order valence-corrected chi connectivity index (χ2v) is 10.9. The van der Waals surface area contributed by atoms with Crippen LogP contribution in [0.2, 0.25) is 0 Å². The monoisotopic (exact) mass is 494 g/mol. The van der Waals surface area contributed by atoms with Crippen molar-refractivity contribution in [2.45, 2.75) is 11.4 Å². The number of fused-ring (bicyclic) bond motifs is 1. The quantitative estimate of drug-likeness (QED) is 0.425. The van der Waals surface area contributed by atoms with Gasteiger partial charge in [-0.3, -0.25) is 14.2 Å². The molecule has 1 amide bonds. The van der Waals surface area contributed by atoms with Gasteiger partial charge in [0, 0.05) is 31.1 Å². The van der Waals surface area contributed by atoms with E-state index in [1.54, 1.807) is 35.2 Å². The molecular weight excluding hydrogens is 472 g/mol. The molecule has 34 heavy (non-hydrogen) atoms. The first-order chi connectivity index (χ1) is 16.4. The van der Waals surface area contributed by atoms with Gasteiger partial charge in [0.2, 0.25) is 15.9 Å². The van der Waals surface area contributed by atoms with E-state index in [-0.39, 0.29) is 49.1 Å². The molecule has 8 nitrogen and oxygen atoms in total. The van der Waals surface area contributed by atoms with E-state index in [2.05, 4.69) is 4.98 Å². The lowest BCUT2D eigenvalue weighted by molar-refractivity contribution is -0.133. The van der Waals surface area contributed by atoms with E-state index < -0.39 is 10.0 Å². The number of piperazine rings is 1. The van der Waals surface area contributed by atoms with Gasteiger partial charge >= 0.3 is 0 Å². The second-order valence-electron chi connectivity index (χ2n) is 7.97. The van der Waals surface area contributed by atoms with E-state index in [9.17, 15) is 18.0 Å². The molecule has 4 aromatic rings. The Morgan fingerprint density at radius 1 is 0.941 bits per heavy atom. The SMILES string of the molecule is O=C(Cn1cnc2sc(-c3ccccc3)cc2c1=O)N1CCN(S(=O)(=O)c2ccccc2)CC1. The highest BCUT2D eigenvalue weighted by molar-refractivity contribution is 7.89. The number of hydrogen-bond donors (Lipinski definition) is 0. The first-order valence-corrected chi connectivity index (χ1v) is 13.1. The van der Waals surface area contributed by atoms with Crippen LogP contribution in [0.25, 0.3) is 20.7 Å². The predicted octanol–water partition coefficient (Wildman–Crippen LogP) is 2.66. The fourth-order valence-corrected chi connectivity index (χ4v) is 6.42. The van der Waals surface area contributed by atoms with Gasteiger partial charge in [-0.2, -0.15) is 4.31 Å². The Labute approximate surface area is 200 Å². The normalized spacial score (nSPS) is 15.0. The Bertz CT molecular complexity index is 1490. The van der Waals surface area contributed by atoms with Crippen molar-refractivity contribution in [2.24, 2.45) is 0 Å². The third-order valence-electron chi connectivity index (χ3n) is 5.85. The lowest BCUT2D eigenvalue weighted by Gasteiger charge is -2.34. The number of carbonyl (C=O) groups is 1. The van der Waals surface area contributed by atoms with Crippen LogP contribution >= 0.6 is 11.3 Å². The van der Waals surface area contributed by atoms with Crippen molar-refractivity contribution in [1.29, 1.82) is 0 Å². The number of rotatable bonds is 5. The maximum atomic E-state index is 13.0. The van der Waals surface area contributed by atoms with Crippen molar-refractivity contribution in [3.05, 3.63) is 83.4 Å². The summed E-state index contributed by atoms with van der Waals surface area (Å²) in [6.07, 6.45) is 1.41. The molecule has 0 atom stereocenters. The van der Waals surface area contributed by atoms with E-state index in [1.165, 1.54) is 26.5 Å². The molecule has 3 heterocycles. The largest absolute Gasteiger partial charge is 0.338 e. The summed E-state index contributed by atoms with van der Waals surface area (Å²) >= 11 is 1.44. The third kappa shape index (κ3) is 4.27. The Hall–Kier alpha value is -3.34. The molecule has 0 spiro atoms. The summed E-state index contributed by atoms with van der Waals surface area (Å²) in [6.45, 7) is 0.821. The smallest absolute Gasteiger partial charge is 0.262 e. The van der Waals surface area contributed by atoms with Crippen molar-refractivity contribution in [2.75, 3.05) is 26.2 Å². The van der Waals surface area contributed by atoms with Crippen LogP contribution in [0.5, 0.6) is 0 Å². The molecular formula is C24H22N4O4S2. The summed E-state index contributed by atoms with van der Waals surface area (Å²) in [5.74, 6) is -0.237. The van der Waals surface area contributed by atoms with Crippen molar-refractivity contribution in [3.63, 3.8) is 0 Å². The van der Waals surface area contributed by atoms with Gasteiger partial charge < -0.3 is 4.90 Å². The summed E-state index contributed by atoms with van der Waals surface area (Å²) in [5, 5.41) is 0.484. The minimum absolute atomic E-state index is 0.135. The molecule has 2 aromatic carbocycles. The van der Waals surface area contributed by atoms with Gasteiger partial charge in [-0.05, 0) is 23.8 Å². The zero-order valence-corrected chi connectivity index (χ0v) is 19.8. The minimum atomic E-state index is -3.59. The molecule has 0 aliphatic carbocycles. The van der Waals surface area contributed by atoms with E-state index >= 15 is 0 Å². The number of sulfonamides is 1. The third-order valence-corrected chi connectivity index (χ3v) is 8.86. The van der Waals surface area contributed by atoms with Gasteiger partial charge in [0.05, 0.1) is 16.6 Å². The highest BCUT2D eigenvalue weighted by Crippen LogP contribution is 2.30. The Morgan fingerprint density at radius 2 is 1.59 bits per heavy atom. The Kier molecular flexibility index (Phi) is 6.03. The zero-order chi connectivity index (χ0) is 23.7.